The van der Waals surface area contributed by atoms with E-state index in [9.17, 15) is 22.8 Å². The molecule has 0 spiro atoms. The molecular formula is C34H34BrF3N4O5. The number of anilines is 2. The number of benzene rings is 4. The van der Waals surface area contributed by atoms with Crippen LogP contribution in [0.25, 0.3) is 10.8 Å². The van der Waals surface area contributed by atoms with E-state index in [-0.39, 0.29) is 18.4 Å². The van der Waals surface area contributed by atoms with Crippen LogP contribution in [0.2, 0.25) is 0 Å². The van der Waals surface area contributed by atoms with Crippen molar-refractivity contribution in [3.05, 3.63) is 101 Å². The number of hydrogen-bond donors (Lipinski definition) is 3. The lowest BCUT2D eigenvalue weighted by Gasteiger charge is -2.27. The summed E-state index contributed by atoms with van der Waals surface area (Å²) >= 11 is 3.57. The molecule has 1 aliphatic rings. The minimum Gasteiger partial charge on any atom is -0.496 e. The maximum atomic E-state index is 14.4. The van der Waals surface area contributed by atoms with Gasteiger partial charge in [-0.05, 0) is 60.6 Å². The average molecular weight is 716 g/mol. The highest BCUT2D eigenvalue weighted by molar-refractivity contribution is 9.10. The molecule has 0 fully saturated rings. The Balaban J connectivity index is 0.000000644. The summed E-state index contributed by atoms with van der Waals surface area (Å²) in [6.45, 7) is 3.00. The van der Waals surface area contributed by atoms with Gasteiger partial charge in [0.15, 0.2) is 0 Å². The molecule has 2 atom stereocenters. The van der Waals surface area contributed by atoms with Gasteiger partial charge in [-0.2, -0.15) is 13.2 Å². The van der Waals surface area contributed by atoms with Crippen molar-refractivity contribution in [1.29, 1.82) is 0 Å². The van der Waals surface area contributed by atoms with Crippen molar-refractivity contribution in [3.63, 3.8) is 0 Å². The van der Waals surface area contributed by atoms with Crippen LogP contribution in [0.3, 0.4) is 0 Å². The average Bonchev–Trinajstić information content (AvgIpc) is 3.15. The lowest BCUT2D eigenvalue weighted by molar-refractivity contribution is -0.192. The Hall–Kier alpha value is -4.62. The van der Waals surface area contributed by atoms with Crippen LogP contribution in [0.4, 0.5) is 24.5 Å². The fourth-order valence-electron chi connectivity index (χ4n) is 5.17. The van der Waals surface area contributed by atoms with Crippen LogP contribution in [0.5, 0.6) is 5.75 Å². The first-order valence-electron chi connectivity index (χ1n) is 14.6. The van der Waals surface area contributed by atoms with Gasteiger partial charge in [-0.25, -0.2) is 4.79 Å². The maximum absolute atomic E-state index is 14.4. The van der Waals surface area contributed by atoms with Crippen molar-refractivity contribution >= 4 is 55.9 Å². The number of nitrogens with one attached hydrogen (secondary N) is 2. The van der Waals surface area contributed by atoms with Crippen LogP contribution in [-0.2, 0) is 27.5 Å². The van der Waals surface area contributed by atoms with Gasteiger partial charge in [0.25, 0.3) is 5.91 Å². The van der Waals surface area contributed by atoms with Gasteiger partial charge < -0.3 is 30.3 Å². The van der Waals surface area contributed by atoms with Gasteiger partial charge in [0.05, 0.1) is 31.1 Å². The Bertz CT molecular complexity index is 1740. The number of nitrogens with zero attached hydrogens (tertiary/aromatic N) is 2. The van der Waals surface area contributed by atoms with Crippen molar-refractivity contribution in [2.45, 2.75) is 38.3 Å². The van der Waals surface area contributed by atoms with Crippen molar-refractivity contribution in [2.75, 3.05) is 30.5 Å². The summed E-state index contributed by atoms with van der Waals surface area (Å²) in [6.07, 6.45) is -5.08. The highest BCUT2D eigenvalue weighted by Gasteiger charge is 2.38. The second kappa shape index (κ2) is 15.3. The van der Waals surface area contributed by atoms with E-state index in [1.165, 1.54) is 0 Å². The minimum absolute atomic E-state index is 0.171. The highest BCUT2D eigenvalue weighted by atomic mass is 79.9. The third-order valence-electron chi connectivity index (χ3n) is 7.67. The molecule has 0 unspecified atom stereocenters. The number of carboxylic acid groups (broad SMARTS) is 1. The Labute approximate surface area is 278 Å². The molecule has 1 heterocycles. The first kappa shape index (κ1) is 35.2. The number of carbonyl (C=O) groups is 3. The smallest absolute Gasteiger partial charge is 0.490 e. The molecule has 9 nitrogen and oxygen atoms in total. The number of aliphatic carboxylic acids is 1. The number of para-hydroxylation sites is 2. The first-order chi connectivity index (χ1) is 22.3. The summed E-state index contributed by atoms with van der Waals surface area (Å²) in [5.41, 5.74) is 3.74. The third-order valence-corrected chi connectivity index (χ3v) is 8.16. The van der Waals surface area contributed by atoms with Gasteiger partial charge in [0, 0.05) is 23.1 Å². The zero-order chi connectivity index (χ0) is 34.3. The highest BCUT2D eigenvalue weighted by Crippen LogP contribution is 2.38. The number of methoxy groups -OCH3 is 1. The summed E-state index contributed by atoms with van der Waals surface area (Å²) in [7, 11) is 3.37. The SMILES string of the molecule is CN[C@@H](C)C(=O)N[C@H]1CN(Cc2ccccc2)c2ccccc2N(Cc2c(OC)ccc3cc(Br)ccc23)C1=O.O=C(O)C(F)(F)F. The van der Waals surface area contributed by atoms with Gasteiger partial charge in [0.2, 0.25) is 5.91 Å². The van der Waals surface area contributed by atoms with Crippen LogP contribution in [-0.4, -0.2) is 61.9 Å². The summed E-state index contributed by atoms with van der Waals surface area (Å²) < 4.78 is 38.5. The predicted octanol–water partition coefficient (Wildman–Crippen LogP) is 5.89. The first-order valence-corrected chi connectivity index (χ1v) is 15.4. The molecule has 0 radical (unpaired) electrons. The van der Waals surface area contributed by atoms with Gasteiger partial charge in [-0.1, -0.05) is 70.5 Å². The zero-order valence-electron chi connectivity index (χ0n) is 25.8. The lowest BCUT2D eigenvalue weighted by atomic mass is 10.0. The van der Waals surface area contributed by atoms with E-state index in [0.29, 0.717) is 18.8 Å². The molecule has 4 aromatic rings. The second-order valence-electron chi connectivity index (χ2n) is 10.8. The van der Waals surface area contributed by atoms with Gasteiger partial charge in [-0.3, -0.25) is 9.59 Å². The molecule has 3 N–H and O–H groups in total. The summed E-state index contributed by atoms with van der Waals surface area (Å²) in [5, 5.41) is 15.2. The normalized spacial score (nSPS) is 15.2. The maximum Gasteiger partial charge on any atom is 0.490 e. The summed E-state index contributed by atoms with van der Waals surface area (Å²) in [5.74, 6) is -2.45. The van der Waals surface area contributed by atoms with Gasteiger partial charge in [-0.15, -0.1) is 0 Å². The van der Waals surface area contributed by atoms with Crippen LogP contribution < -0.4 is 25.2 Å². The minimum atomic E-state index is -5.08. The molecule has 0 aliphatic carbocycles. The van der Waals surface area contributed by atoms with E-state index in [4.69, 9.17) is 14.6 Å². The molecular weight excluding hydrogens is 681 g/mol. The fourth-order valence-corrected chi connectivity index (χ4v) is 5.55. The topological polar surface area (TPSA) is 111 Å². The van der Waals surface area contributed by atoms with Crippen molar-refractivity contribution < 1.29 is 37.4 Å². The van der Waals surface area contributed by atoms with E-state index < -0.39 is 24.2 Å². The Kier molecular flexibility index (Phi) is 11.5. The number of likely N-dealkylation sites (N-methyl/N-ethyl adjacent to an activating group) is 1. The number of carboxylic acids is 1. The van der Waals surface area contributed by atoms with Gasteiger partial charge >= 0.3 is 12.1 Å². The largest absolute Gasteiger partial charge is 0.496 e. The van der Waals surface area contributed by atoms with E-state index in [1.54, 1.807) is 26.0 Å². The van der Waals surface area contributed by atoms with Crippen molar-refractivity contribution in [3.8, 4) is 5.75 Å². The molecule has 47 heavy (non-hydrogen) atoms. The molecule has 5 rings (SSSR count). The number of rotatable bonds is 8. The predicted molar refractivity (Wildman–Crippen MR) is 177 cm³/mol. The zero-order valence-corrected chi connectivity index (χ0v) is 27.4. The van der Waals surface area contributed by atoms with Gasteiger partial charge in [0.1, 0.15) is 11.8 Å². The lowest BCUT2D eigenvalue weighted by Crippen LogP contribution is -2.55. The number of halogens is 4. The number of amides is 2. The molecule has 0 bridgehead atoms. The second-order valence-corrected chi connectivity index (χ2v) is 11.7. The standard InChI is InChI=1S/C32H33BrN4O3.C2HF3O2/c1-21(34-2)31(38)35-27-20-36(18-22-9-5-4-6-10-22)28-11-7-8-12-29(28)37(32(27)39)19-26-25-15-14-24(33)17-23(25)13-16-30(26)40-3;3-2(4,5)1(6)7/h4-17,21,27,34H,18-20H2,1-3H3,(H,35,38);(H,6,7)/t21-,27-;/m0./s1. The van der Waals surface area contributed by atoms with Crippen LogP contribution in [0.1, 0.15) is 18.1 Å². The van der Waals surface area contributed by atoms with E-state index >= 15 is 0 Å². The Morgan fingerprint density at radius 3 is 2.26 bits per heavy atom. The molecule has 1 aliphatic heterocycles. The van der Waals surface area contributed by atoms with Crippen molar-refractivity contribution in [1.82, 2.24) is 10.6 Å². The Morgan fingerprint density at radius 1 is 1.00 bits per heavy atom. The molecule has 13 heteroatoms. The molecule has 248 valence electrons. The van der Waals surface area contributed by atoms with E-state index in [2.05, 4.69) is 49.7 Å². The van der Waals surface area contributed by atoms with E-state index in [0.717, 1.165) is 37.7 Å². The van der Waals surface area contributed by atoms with E-state index in [1.807, 2.05) is 66.7 Å². The summed E-state index contributed by atoms with van der Waals surface area (Å²) in [6, 6.07) is 26.9. The summed E-state index contributed by atoms with van der Waals surface area (Å²) in [4.78, 5) is 40.2. The van der Waals surface area contributed by atoms with Crippen LogP contribution in [0.15, 0.2) is 89.4 Å². The fraction of sp³-hybridized carbons (Fsp3) is 0.265. The molecule has 4 aromatic carbocycles. The number of alkyl halides is 3. The molecule has 0 aromatic heterocycles. The molecule has 0 saturated carbocycles. The number of ether oxygens (including phenoxy) is 1. The van der Waals surface area contributed by atoms with Crippen LogP contribution >= 0.6 is 15.9 Å². The monoisotopic (exact) mass is 714 g/mol. The number of carbonyl (C=O) groups excluding carboxylic acids is 2. The van der Waals surface area contributed by atoms with Crippen molar-refractivity contribution in [2.24, 2.45) is 0 Å². The third kappa shape index (κ3) is 8.60. The number of hydrogen-bond acceptors (Lipinski definition) is 6. The Morgan fingerprint density at radius 2 is 1.64 bits per heavy atom. The molecule has 2 amide bonds. The molecule has 0 saturated heterocycles. The number of fused-ring (bicyclic) bond motifs is 2. The quantitative estimate of drug-likeness (QED) is 0.209. The van der Waals surface area contributed by atoms with Crippen LogP contribution in [0, 0.1) is 0 Å².